The van der Waals surface area contributed by atoms with Crippen molar-refractivity contribution in [2.24, 2.45) is 0 Å². The summed E-state index contributed by atoms with van der Waals surface area (Å²) in [6.07, 6.45) is -0.254. The minimum atomic E-state index is -1.07. The summed E-state index contributed by atoms with van der Waals surface area (Å²) in [4.78, 5) is 21.6. The van der Waals surface area contributed by atoms with Crippen LogP contribution >= 0.6 is 11.6 Å². The Morgan fingerprint density at radius 1 is 1.39 bits per heavy atom. The number of carboxylic acids is 1. The van der Waals surface area contributed by atoms with E-state index in [1.165, 1.54) is 0 Å². The summed E-state index contributed by atoms with van der Waals surface area (Å²) in [5.41, 5.74) is 0. The Hall–Kier alpha value is -1.75. The van der Waals surface area contributed by atoms with Crippen molar-refractivity contribution in [1.82, 2.24) is 5.32 Å². The van der Waals surface area contributed by atoms with Crippen LogP contribution in [0.1, 0.15) is 13.3 Å². The van der Waals surface area contributed by atoms with Crippen molar-refractivity contribution in [2.75, 3.05) is 6.54 Å². The topological polar surface area (TPSA) is 75.6 Å². The van der Waals surface area contributed by atoms with Crippen LogP contribution < -0.4 is 10.1 Å². The van der Waals surface area contributed by atoms with Crippen LogP contribution in [0.25, 0.3) is 0 Å². The van der Waals surface area contributed by atoms with Gasteiger partial charge < -0.3 is 15.2 Å². The quantitative estimate of drug-likeness (QED) is 0.826. The molecular formula is C12H14ClNO4. The minimum absolute atomic E-state index is 0.0932. The lowest BCUT2D eigenvalue weighted by molar-refractivity contribution is -0.138. The van der Waals surface area contributed by atoms with E-state index in [0.717, 1.165) is 0 Å². The Bertz CT molecular complexity index is 419. The average Bonchev–Trinajstić information content (AvgIpc) is 2.29. The van der Waals surface area contributed by atoms with Gasteiger partial charge in [0.2, 0.25) is 5.91 Å². The molecule has 1 aromatic carbocycles. The van der Waals surface area contributed by atoms with Crippen molar-refractivity contribution in [2.45, 2.75) is 19.4 Å². The second kappa shape index (κ2) is 6.86. The van der Waals surface area contributed by atoms with Crippen molar-refractivity contribution in [3.63, 3.8) is 0 Å². The second-order valence-electron chi connectivity index (χ2n) is 3.76. The van der Waals surface area contributed by atoms with E-state index >= 15 is 0 Å². The summed E-state index contributed by atoms with van der Waals surface area (Å²) in [6, 6.07) is 6.78. The van der Waals surface area contributed by atoms with Gasteiger partial charge in [0.05, 0.1) is 6.42 Å². The fourth-order valence-corrected chi connectivity index (χ4v) is 1.42. The van der Waals surface area contributed by atoms with Gasteiger partial charge in [-0.2, -0.15) is 0 Å². The maximum absolute atomic E-state index is 11.3. The van der Waals surface area contributed by atoms with Crippen molar-refractivity contribution in [3.8, 4) is 5.75 Å². The third-order valence-electron chi connectivity index (χ3n) is 2.06. The predicted molar refractivity (Wildman–Crippen MR) is 66.8 cm³/mol. The van der Waals surface area contributed by atoms with E-state index in [1.807, 2.05) is 0 Å². The molecule has 0 aliphatic rings. The second-order valence-corrected chi connectivity index (χ2v) is 4.19. The van der Waals surface area contributed by atoms with Crippen molar-refractivity contribution < 1.29 is 19.4 Å². The Kier molecular flexibility index (Phi) is 5.45. The largest absolute Gasteiger partial charge is 0.490 e. The number of amides is 1. The van der Waals surface area contributed by atoms with Gasteiger partial charge >= 0.3 is 5.97 Å². The van der Waals surface area contributed by atoms with Crippen LogP contribution in [0, 0.1) is 0 Å². The van der Waals surface area contributed by atoms with Gasteiger partial charge in [-0.25, -0.2) is 0 Å². The molecule has 1 aromatic rings. The summed E-state index contributed by atoms with van der Waals surface area (Å²) >= 11 is 5.73. The molecule has 0 bridgehead atoms. The molecule has 0 heterocycles. The molecule has 5 nitrogen and oxygen atoms in total. The highest BCUT2D eigenvalue weighted by molar-refractivity contribution is 6.30. The van der Waals surface area contributed by atoms with Crippen LogP contribution in [-0.4, -0.2) is 29.6 Å². The van der Waals surface area contributed by atoms with Gasteiger partial charge in [-0.15, -0.1) is 0 Å². The first kappa shape index (κ1) is 14.3. The molecule has 0 aliphatic carbocycles. The lowest BCUT2D eigenvalue weighted by atomic mass is 10.2. The Balaban J connectivity index is 2.36. The number of hydrogen-bond acceptors (Lipinski definition) is 3. The Morgan fingerprint density at radius 3 is 2.56 bits per heavy atom. The van der Waals surface area contributed by atoms with Crippen LogP contribution in [-0.2, 0) is 9.59 Å². The van der Waals surface area contributed by atoms with E-state index in [4.69, 9.17) is 21.4 Å². The SMILES string of the molecule is CC(CC(=O)NCC(=O)O)Oc1ccc(Cl)cc1. The summed E-state index contributed by atoms with van der Waals surface area (Å²) in [5, 5.41) is 11.3. The smallest absolute Gasteiger partial charge is 0.322 e. The number of benzene rings is 1. The highest BCUT2D eigenvalue weighted by Crippen LogP contribution is 2.17. The minimum Gasteiger partial charge on any atom is -0.490 e. The van der Waals surface area contributed by atoms with Gasteiger partial charge in [0, 0.05) is 5.02 Å². The van der Waals surface area contributed by atoms with Gasteiger partial charge in [0.15, 0.2) is 0 Å². The summed E-state index contributed by atoms with van der Waals surface area (Å²) in [6.45, 7) is 1.35. The highest BCUT2D eigenvalue weighted by atomic mass is 35.5. The monoisotopic (exact) mass is 271 g/mol. The van der Waals surface area contributed by atoms with Crippen molar-refractivity contribution in [3.05, 3.63) is 29.3 Å². The van der Waals surface area contributed by atoms with Crippen molar-refractivity contribution >= 4 is 23.5 Å². The lowest BCUT2D eigenvalue weighted by Crippen LogP contribution is -2.32. The molecule has 0 fully saturated rings. The van der Waals surface area contributed by atoms with E-state index in [0.29, 0.717) is 10.8 Å². The summed E-state index contributed by atoms with van der Waals surface area (Å²) in [7, 11) is 0. The average molecular weight is 272 g/mol. The van der Waals surface area contributed by atoms with Gasteiger partial charge in [0.1, 0.15) is 18.4 Å². The van der Waals surface area contributed by atoms with Crippen molar-refractivity contribution in [1.29, 1.82) is 0 Å². The standard InChI is InChI=1S/C12H14ClNO4/c1-8(6-11(15)14-7-12(16)17)18-10-4-2-9(13)3-5-10/h2-5,8H,6-7H2,1H3,(H,14,15)(H,16,17). The highest BCUT2D eigenvalue weighted by Gasteiger charge is 2.11. The van der Waals surface area contributed by atoms with E-state index in [2.05, 4.69) is 5.32 Å². The number of halogens is 1. The van der Waals surface area contributed by atoms with Crippen LogP contribution in [0.5, 0.6) is 5.75 Å². The number of carboxylic acid groups (broad SMARTS) is 1. The zero-order valence-corrected chi connectivity index (χ0v) is 10.6. The third-order valence-corrected chi connectivity index (χ3v) is 2.31. The molecule has 0 aliphatic heterocycles. The Morgan fingerprint density at radius 2 is 2.00 bits per heavy atom. The maximum atomic E-state index is 11.3. The number of carbonyl (C=O) groups excluding carboxylic acids is 1. The summed E-state index contributed by atoms with van der Waals surface area (Å²) in [5.74, 6) is -0.827. The van der Waals surface area contributed by atoms with E-state index in [9.17, 15) is 9.59 Å². The molecule has 6 heteroatoms. The maximum Gasteiger partial charge on any atom is 0.322 e. The molecule has 1 atom stereocenters. The van der Waals surface area contributed by atoms with Gasteiger partial charge in [0.25, 0.3) is 0 Å². The number of rotatable bonds is 6. The number of nitrogens with one attached hydrogen (secondary N) is 1. The van der Waals surface area contributed by atoms with Crippen LogP contribution in [0.4, 0.5) is 0 Å². The lowest BCUT2D eigenvalue weighted by Gasteiger charge is -2.14. The first-order chi connectivity index (χ1) is 8.47. The van der Waals surface area contributed by atoms with Crippen LogP contribution in [0.3, 0.4) is 0 Å². The molecule has 18 heavy (non-hydrogen) atoms. The predicted octanol–water partition coefficient (Wildman–Crippen LogP) is 1.70. The van der Waals surface area contributed by atoms with Crippen LogP contribution in [0.15, 0.2) is 24.3 Å². The molecule has 1 unspecified atom stereocenters. The first-order valence-corrected chi connectivity index (χ1v) is 5.76. The molecule has 1 rings (SSSR count). The fourth-order valence-electron chi connectivity index (χ4n) is 1.29. The molecule has 98 valence electrons. The first-order valence-electron chi connectivity index (χ1n) is 5.38. The van der Waals surface area contributed by atoms with Gasteiger partial charge in [-0.3, -0.25) is 9.59 Å². The Labute approximate surface area is 110 Å². The zero-order chi connectivity index (χ0) is 13.5. The molecule has 0 radical (unpaired) electrons. The van der Waals surface area contributed by atoms with Crippen LogP contribution in [0.2, 0.25) is 5.02 Å². The molecule has 0 saturated heterocycles. The molecule has 2 N–H and O–H groups in total. The summed E-state index contributed by atoms with van der Waals surface area (Å²) < 4.78 is 5.48. The molecular weight excluding hydrogens is 258 g/mol. The molecule has 1 amide bonds. The van der Waals surface area contributed by atoms with E-state index in [-0.39, 0.29) is 25.0 Å². The van der Waals surface area contributed by atoms with Gasteiger partial charge in [-0.05, 0) is 31.2 Å². The molecule has 0 saturated carbocycles. The third kappa shape index (κ3) is 5.54. The number of hydrogen-bond donors (Lipinski definition) is 2. The molecule has 0 spiro atoms. The fraction of sp³-hybridized carbons (Fsp3) is 0.333. The molecule has 0 aromatic heterocycles. The number of aliphatic carboxylic acids is 1. The van der Waals surface area contributed by atoms with E-state index < -0.39 is 5.97 Å². The van der Waals surface area contributed by atoms with E-state index in [1.54, 1.807) is 31.2 Å². The zero-order valence-electron chi connectivity index (χ0n) is 9.85. The number of carbonyl (C=O) groups is 2. The number of ether oxygens (including phenoxy) is 1. The van der Waals surface area contributed by atoms with Gasteiger partial charge in [-0.1, -0.05) is 11.6 Å². The normalized spacial score (nSPS) is 11.7.